The first-order chi connectivity index (χ1) is 12.4. The van der Waals surface area contributed by atoms with Gasteiger partial charge in [0.2, 0.25) is 0 Å². The van der Waals surface area contributed by atoms with Crippen LogP contribution in [0.1, 0.15) is 32.2 Å². The first kappa shape index (κ1) is 16.8. The molecule has 136 valence electrons. The number of hydrogen-bond acceptors (Lipinski definition) is 6. The normalized spacial score (nSPS) is 15.7. The van der Waals surface area contributed by atoms with Crippen molar-refractivity contribution in [2.45, 2.75) is 33.1 Å². The predicted octanol–water partition coefficient (Wildman–Crippen LogP) is 2.45. The third-order valence-electron chi connectivity index (χ3n) is 4.82. The summed E-state index contributed by atoms with van der Waals surface area (Å²) in [6.45, 7) is 12.1. The van der Waals surface area contributed by atoms with E-state index in [1.807, 2.05) is 17.5 Å². The molecule has 7 heteroatoms. The minimum atomic E-state index is 0.0264. The smallest absolute Gasteiger partial charge is 0.157 e. The number of rotatable bonds is 2. The Labute approximate surface area is 153 Å². The Hall–Kier alpha value is -2.70. The van der Waals surface area contributed by atoms with Crippen molar-refractivity contribution in [3.05, 3.63) is 41.9 Å². The van der Waals surface area contributed by atoms with E-state index in [-0.39, 0.29) is 5.41 Å². The molecule has 0 saturated carbocycles. The molecule has 4 heterocycles. The Bertz CT molecular complexity index is 900. The highest BCUT2D eigenvalue weighted by Gasteiger charge is 2.22. The number of hydrogen-bond donors (Lipinski definition) is 0. The Balaban J connectivity index is 1.49. The third kappa shape index (κ3) is 3.09. The molecule has 7 nitrogen and oxygen atoms in total. The fourth-order valence-electron chi connectivity index (χ4n) is 3.30. The molecule has 1 aliphatic heterocycles. The fraction of sp³-hybridized carbons (Fsp3) is 0.474. The van der Waals surface area contributed by atoms with Crippen molar-refractivity contribution < 1.29 is 0 Å². The summed E-state index contributed by atoms with van der Waals surface area (Å²) in [5, 5.41) is 13.3. The van der Waals surface area contributed by atoms with Crippen LogP contribution in [0.4, 0.5) is 11.6 Å². The van der Waals surface area contributed by atoms with Crippen LogP contribution in [0, 0.1) is 6.92 Å². The molecule has 1 aliphatic rings. The summed E-state index contributed by atoms with van der Waals surface area (Å²) in [6, 6.07) is 8.23. The van der Waals surface area contributed by atoms with Crippen LogP contribution in [0.5, 0.6) is 0 Å². The predicted molar refractivity (Wildman–Crippen MR) is 103 cm³/mol. The summed E-state index contributed by atoms with van der Waals surface area (Å²) in [5.74, 6) is 2.05. The second-order valence-corrected chi connectivity index (χ2v) is 7.86. The molecule has 0 aromatic carbocycles. The molecular weight excluding hydrogens is 326 g/mol. The van der Waals surface area contributed by atoms with Crippen molar-refractivity contribution in [1.82, 2.24) is 24.8 Å². The highest BCUT2D eigenvalue weighted by atomic mass is 15.4. The van der Waals surface area contributed by atoms with Gasteiger partial charge in [-0.15, -0.1) is 5.10 Å². The number of aromatic nitrogens is 5. The number of fused-ring (bicyclic) bond motifs is 1. The second-order valence-electron chi connectivity index (χ2n) is 7.86. The molecular formula is C19H25N7. The van der Waals surface area contributed by atoms with Gasteiger partial charge in [-0.25, -0.2) is 4.98 Å². The van der Waals surface area contributed by atoms with Crippen LogP contribution in [0.25, 0.3) is 5.65 Å². The maximum atomic E-state index is 4.53. The molecule has 3 aromatic rings. The molecule has 1 fully saturated rings. The first-order valence-corrected chi connectivity index (χ1v) is 9.07. The average molecular weight is 351 g/mol. The molecule has 0 atom stereocenters. The van der Waals surface area contributed by atoms with Crippen molar-refractivity contribution in [3.8, 4) is 0 Å². The standard InChI is InChI=1S/C19H25N7/c1-14-13-18(26-16(21-14)7-8-20-26)25-11-9-24(10-12-25)17-6-5-15(22-23-17)19(2,3)4/h5-8,13H,9-12H2,1-4H3. The largest absolute Gasteiger partial charge is 0.353 e. The molecule has 0 amide bonds. The number of anilines is 2. The van der Waals surface area contributed by atoms with Gasteiger partial charge in [0.15, 0.2) is 11.5 Å². The molecule has 0 aliphatic carbocycles. The summed E-state index contributed by atoms with van der Waals surface area (Å²) < 4.78 is 1.92. The van der Waals surface area contributed by atoms with E-state index in [1.165, 1.54) is 0 Å². The van der Waals surface area contributed by atoms with Crippen molar-refractivity contribution in [2.24, 2.45) is 0 Å². The molecule has 0 N–H and O–H groups in total. The summed E-state index contributed by atoms with van der Waals surface area (Å²) >= 11 is 0. The van der Waals surface area contributed by atoms with Crippen LogP contribution in [-0.2, 0) is 5.41 Å². The van der Waals surface area contributed by atoms with Gasteiger partial charge in [-0.2, -0.15) is 14.7 Å². The van der Waals surface area contributed by atoms with Gasteiger partial charge in [0.05, 0.1) is 11.9 Å². The summed E-state index contributed by atoms with van der Waals surface area (Å²) in [6.07, 6.45) is 1.80. The van der Waals surface area contributed by atoms with Crippen molar-refractivity contribution >= 4 is 17.3 Å². The quantitative estimate of drug-likeness (QED) is 0.707. The monoisotopic (exact) mass is 351 g/mol. The number of piperazine rings is 1. The van der Waals surface area contributed by atoms with Gasteiger partial charge in [0.1, 0.15) is 5.82 Å². The van der Waals surface area contributed by atoms with E-state index >= 15 is 0 Å². The van der Waals surface area contributed by atoms with Crippen LogP contribution >= 0.6 is 0 Å². The average Bonchev–Trinajstić information content (AvgIpc) is 3.09. The SMILES string of the molecule is Cc1cc(N2CCN(c3ccc(C(C)(C)C)nn3)CC2)n2nccc2n1. The van der Waals surface area contributed by atoms with Gasteiger partial charge < -0.3 is 9.80 Å². The first-order valence-electron chi connectivity index (χ1n) is 9.07. The highest BCUT2D eigenvalue weighted by molar-refractivity contribution is 5.52. The van der Waals surface area contributed by atoms with Crippen LogP contribution < -0.4 is 9.80 Å². The molecule has 0 unspecified atom stereocenters. The number of aryl methyl sites for hydroxylation is 1. The molecule has 3 aromatic heterocycles. The molecule has 0 spiro atoms. The summed E-state index contributed by atoms with van der Waals surface area (Å²) in [7, 11) is 0. The second kappa shape index (κ2) is 6.23. The van der Waals surface area contributed by atoms with Crippen LogP contribution in [0.2, 0.25) is 0 Å². The minimum absolute atomic E-state index is 0.0264. The summed E-state index contributed by atoms with van der Waals surface area (Å²) in [4.78, 5) is 9.19. The Morgan fingerprint density at radius 3 is 2.31 bits per heavy atom. The van der Waals surface area contributed by atoms with Crippen molar-refractivity contribution in [2.75, 3.05) is 36.0 Å². The Kier molecular flexibility index (Phi) is 4.01. The van der Waals surface area contributed by atoms with E-state index in [1.54, 1.807) is 6.20 Å². The lowest BCUT2D eigenvalue weighted by Gasteiger charge is -2.36. The van der Waals surface area contributed by atoms with Crippen LogP contribution in [0.3, 0.4) is 0 Å². The number of nitrogens with zero attached hydrogens (tertiary/aromatic N) is 7. The van der Waals surface area contributed by atoms with Crippen LogP contribution in [-0.4, -0.2) is 51.0 Å². The van der Waals surface area contributed by atoms with Gasteiger partial charge in [-0.05, 0) is 19.1 Å². The van der Waals surface area contributed by atoms with Gasteiger partial charge in [-0.3, -0.25) is 0 Å². The van der Waals surface area contributed by atoms with Crippen LogP contribution in [0.15, 0.2) is 30.5 Å². The van der Waals surface area contributed by atoms with Crippen molar-refractivity contribution in [1.29, 1.82) is 0 Å². The highest BCUT2D eigenvalue weighted by Crippen LogP contribution is 2.23. The van der Waals surface area contributed by atoms with Crippen molar-refractivity contribution in [3.63, 3.8) is 0 Å². The topological polar surface area (TPSA) is 62.5 Å². The van der Waals surface area contributed by atoms with E-state index in [0.29, 0.717) is 0 Å². The molecule has 26 heavy (non-hydrogen) atoms. The molecule has 4 rings (SSSR count). The molecule has 1 saturated heterocycles. The van der Waals surface area contributed by atoms with Gasteiger partial charge in [-0.1, -0.05) is 20.8 Å². The zero-order valence-corrected chi connectivity index (χ0v) is 15.8. The lowest BCUT2D eigenvalue weighted by Crippen LogP contribution is -2.47. The van der Waals surface area contributed by atoms with E-state index in [2.05, 4.69) is 69.1 Å². The van der Waals surface area contributed by atoms with E-state index in [4.69, 9.17) is 0 Å². The lowest BCUT2D eigenvalue weighted by molar-refractivity contribution is 0.556. The van der Waals surface area contributed by atoms with Gasteiger partial charge in [0.25, 0.3) is 0 Å². The maximum absolute atomic E-state index is 4.53. The third-order valence-corrected chi connectivity index (χ3v) is 4.82. The molecule has 0 bridgehead atoms. The zero-order valence-electron chi connectivity index (χ0n) is 15.8. The Morgan fingerprint density at radius 2 is 1.65 bits per heavy atom. The fourth-order valence-corrected chi connectivity index (χ4v) is 3.30. The Morgan fingerprint density at radius 1 is 0.923 bits per heavy atom. The lowest BCUT2D eigenvalue weighted by atomic mass is 9.92. The molecule has 0 radical (unpaired) electrons. The zero-order chi connectivity index (χ0) is 18.3. The van der Waals surface area contributed by atoms with E-state index in [0.717, 1.165) is 54.8 Å². The van der Waals surface area contributed by atoms with E-state index in [9.17, 15) is 0 Å². The summed E-state index contributed by atoms with van der Waals surface area (Å²) in [5.41, 5.74) is 2.96. The maximum Gasteiger partial charge on any atom is 0.157 e. The van der Waals surface area contributed by atoms with Gasteiger partial charge in [0, 0.05) is 49.4 Å². The minimum Gasteiger partial charge on any atom is -0.353 e. The van der Waals surface area contributed by atoms with E-state index < -0.39 is 0 Å². The van der Waals surface area contributed by atoms with Gasteiger partial charge >= 0.3 is 0 Å².